The van der Waals surface area contributed by atoms with Crippen LogP contribution in [0.15, 0.2) is 50.4 Å². The molecule has 0 aliphatic carbocycles. The zero-order valence-corrected chi connectivity index (χ0v) is 12.5. The first-order chi connectivity index (χ1) is 9.15. The number of rotatable bonds is 5. The van der Waals surface area contributed by atoms with Crippen LogP contribution in [-0.4, -0.2) is 11.7 Å². The molecule has 2 rings (SSSR count). The number of furan rings is 1. The predicted octanol–water partition coefficient (Wildman–Crippen LogP) is 3.03. The summed E-state index contributed by atoms with van der Waals surface area (Å²) in [5.74, 6) is 1.00. The highest BCUT2D eigenvalue weighted by Gasteiger charge is 2.06. The maximum Gasteiger partial charge on any atom is 0.230 e. The highest BCUT2D eigenvalue weighted by Crippen LogP contribution is 2.27. The molecule has 19 heavy (non-hydrogen) atoms. The maximum absolute atomic E-state index is 11.7. The number of nitrogens with two attached hydrogens (primary N) is 1. The number of benzene rings is 1. The Morgan fingerprint density at radius 3 is 3.00 bits per heavy atom. The van der Waals surface area contributed by atoms with Crippen molar-refractivity contribution in [3.63, 3.8) is 0 Å². The average Bonchev–Trinajstić information content (AvgIpc) is 2.90. The van der Waals surface area contributed by atoms with E-state index in [0.29, 0.717) is 18.0 Å². The van der Waals surface area contributed by atoms with Gasteiger partial charge in [-0.05, 0) is 30.3 Å². The van der Waals surface area contributed by atoms with Gasteiger partial charge in [-0.2, -0.15) is 0 Å². The topological polar surface area (TPSA) is 68.3 Å². The number of nitrogen functional groups attached to an aromatic ring is 1. The lowest BCUT2D eigenvalue weighted by Crippen LogP contribution is -2.24. The second-order valence-electron chi connectivity index (χ2n) is 3.83. The lowest BCUT2D eigenvalue weighted by molar-refractivity contribution is -0.118. The Hall–Kier alpha value is -1.40. The van der Waals surface area contributed by atoms with E-state index in [2.05, 4.69) is 21.2 Å². The molecular formula is C13H13BrN2O2S. The molecule has 0 saturated carbocycles. The number of amides is 1. The summed E-state index contributed by atoms with van der Waals surface area (Å²) in [4.78, 5) is 12.6. The van der Waals surface area contributed by atoms with Crippen LogP contribution in [0.1, 0.15) is 5.76 Å². The van der Waals surface area contributed by atoms with Crippen molar-refractivity contribution in [2.24, 2.45) is 0 Å². The van der Waals surface area contributed by atoms with E-state index in [4.69, 9.17) is 10.2 Å². The second-order valence-corrected chi connectivity index (χ2v) is 5.76. The molecule has 3 N–H and O–H groups in total. The van der Waals surface area contributed by atoms with E-state index in [1.54, 1.807) is 12.3 Å². The first-order valence-corrected chi connectivity index (χ1v) is 7.40. The highest BCUT2D eigenvalue weighted by molar-refractivity contribution is 9.10. The Bertz CT molecular complexity index is 558. The monoisotopic (exact) mass is 340 g/mol. The Kier molecular flexibility index (Phi) is 4.93. The lowest BCUT2D eigenvalue weighted by atomic mass is 10.3. The lowest BCUT2D eigenvalue weighted by Gasteiger charge is -2.06. The second kappa shape index (κ2) is 6.68. The fourth-order valence-corrected chi connectivity index (χ4v) is 2.77. The highest BCUT2D eigenvalue weighted by atomic mass is 79.9. The number of halogens is 1. The van der Waals surface area contributed by atoms with Crippen molar-refractivity contribution in [1.29, 1.82) is 0 Å². The number of nitrogens with one attached hydrogen (secondary N) is 1. The molecule has 0 unspecified atom stereocenters. The molecule has 1 amide bonds. The number of hydrogen-bond donors (Lipinski definition) is 2. The third-order valence-corrected chi connectivity index (χ3v) is 3.94. The average molecular weight is 341 g/mol. The van der Waals surface area contributed by atoms with E-state index in [1.165, 1.54) is 11.8 Å². The quantitative estimate of drug-likeness (QED) is 0.648. The molecule has 1 heterocycles. The molecule has 1 aromatic heterocycles. The van der Waals surface area contributed by atoms with Crippen molar-refractivity contribution >= 4 is 39.3 Å². The summed E-state index contributed by atoms with van der Waals surface area (Å²) >= 11 is 4.79. The summed E-state index contributed by atoms with van der Waals surface area (Å²) in [5.41, 5.74) is 6.51. The van der Waals surface area contributed by atoms with Crippen LogP contribution in [0.25, 0.3) is 0 Å². The smallest absolute Gasteiger partial charge is 0.230 e. The number of thioether (sulfide) groups is 1. The van der Waals surface area contributed by atoms with E-state index in [0.717, 1.165) is 15.1 Å². The van der Waals surface area contributed by atoms with Crippen LogP contribution in [0.4, 0.5) is 5.69 Å². The van der Waals surface area contributed by atoms with Crippen molar-refractivity contribution < 1.29 is 9.21 Å². The minimum absolute atomic E-state index is 0.0548. The van der Waals surface area contributed by atoms with Crippen molar-refractivity contribution in [2.45, 2.75) is 11.4 Å². The molecule has 2 aromatic rings. The molecule has 100 valence electrons. The zero-order valence-electron chi connectivity index (χ0n) is 10.1. The van der Waals surface area contributed by atoms with Gasteiger partial charge in [0.25, 0.3) is 0 Å². The fourth-order valence-electron chi connectivity index (χ4n) is 1.43. The molecule has 1 aromatic carbocycles. The van der Waals surface area contributed by atoms with Gasteiger partial charge >= 0.3 is 0 Å². The van der Waals surface area contributed by atoms with Gasteiger partial charge in [0.2, 0.25) is 5.91 Å². The van der Waals surface area contributed by atoms with E-state index in [-0.39, 0.29) is 5.91 Å². The largest absolute Gasteiger partial charge is 0.467 e. The van der Waals surface area contributed by atoms with Gasteiger partial charge in [-0.3, -0.25) is 4.79 Å². The van der Waals surface area contributed by atoms with Gasteiger partial charge in [0.05, 0.1) is 18.6 Å². The summed E-state index contributed by atoms with van der Waals surface area (Å²) in [7, 11) is 0. The van der Waals surface area contributed by atoms with Gasteiger partial charge in [-0.25, -0.2) is 0 Å². The van der Waals surface area contributed by atoms with Crippen LogP contribution in [-0.2, 0) is 11.3 Å². The Labute approximate surface area is 123 Å². The molecule has 4 nitrogen and oxygen atoms in total. The Morgan fingerprint density at radius 1 is 1.42 bits per heavy atom. The van der Waals surface area contributed by atoms with Crippen molar-refractivity contribution in [3.8, 4) is 0 Å². The summed E-state index contributed by atoms with van der Waals surface area (Å²) in [5, 5.41) is 2.78. The van der Waals surface area contributed by atoms with Gasteiger partial charge in [0.1, 0.15) is 5.76 Å². The molecule has 0 aliphatic heterocycles. The van der Waals surface area contributed by atoms with E-state index in [9.17, 15) is 4.79 Å². The van der Waals surface area contributed by atoms with Crippen LogP contribution in [0.3, 0.4) is 0 Å². The van der Waals surface area contributed by atoms with Crippen LogP contribution in [0.5, 0.6) is 0 Å². The molecule has 0 aliphatic rings. The SMILES string of the molecule is Nc1ccc(Br)cc1SCC(=O)NCc1ccco1. The molecule has 0 saturated heterocycles. The van der Waals surface area contributed by atoms with Gasteiger partial charge < -0.3 is 15.5 Å². The van der Waals surface area contributed by atoms with E-state index in [1.807, 2.05) is 24.3 Å². The first-order valence-electron chi connectivity index (χ1n) is 5.62. The molecule has 0 atom stereocenters. The van der Waals surface area contributed by atoms with Crippen LogP contribution in [0, 0.1) is 0 Å². The summed E-state index contributed by atoms with van der Waals surface area (Å²) < 4.78 is 6.08. The molecular weight excluding hydrogens is 328 g/mol. The summed E-state index contributed by atoms with van der Waals surface area (Å²) in [6.45, 7) is 0.403. The Morgan fingerprint density at radius 2 is 2.26 bits per heavy atom. The fraction of sp³-hybridized carbons (Fsp3) is 0.154. The first kappa shape index (κ1) is 14.0. The van der Waals surface area contributed by atoms with Crippen molar-refractivity contribution in [2.75, 3.05) is 11.5 Å². The minimum atomic E-state index is -0.0548. The maximum atomic E-state index is 11.7. The molecule has 6 heteroatoms. The van der Waals surface area contributed by atoms with Gasteiger partial charge in [-0.1, -0.05) is 15.9 Å². The zero-order chi connectivity index (χ0) is 13.7. The molecule has 0 spiro atoms. The summed E-state index contributed by atoms with van der Waals surface area (Å²) in [6, 6.07) is 9.20. The predicted molar refractivity (Wildman–Crippen MR) is 79.8 cm³/mol. The number of anilines is 1. The third-order valence-electron chi connectivity index (χ3n) is 2.37. The van der Waals surface area contributed by atoms with Crippen LogP contribution < -0.4 is 11.1 Å². The molecule has 0 bridgehead atoms. The van der Waals surface area contributed by atoms with Gasteiger partial charge in [-0.15, -0.1) is 11.8 Å². The standard InChI is InChI=1S/C13H13BrN2O2S/c14-9-3-4-11(15)12(6-9)19-8-13(17)16-7-10-2-1-5-18-10/h1-6H,7-8,15H2,(H,16,17). The van der Waals surface area contributed by atoms with Gasteiger partial charge in [0.15, 0.2) is 0 Å². The Balaban J connectivity index is 1.81. The number of hydrogen-bond acceptors (Lipinski definition) is 4. The minimum Gasteiger partial charge on any atom is -0.467 e. The molecule has 0 radical (unpaired) electrons. The van der Waals surface area contributed by atoms with E-state index >= 15 is 0 Å². The number of carbonyl (C=O) groups excluding carboxylic acids is 1. The van der Waals surface area contributed by atoms with Crippen molar-refractivity contribution in [1.82, 2.24) is 5.32 Å². The van der Waals surface area contributed by atoms with Crippen molar-refractivity contribution in [3.05, 3.63) is 46.8 Å². The van der Waals surface area contributed by atoms with Crippen LogP contribution in [0.2, 0.25) is 0 Å². The van der Waals surface area contributed by atoms with E-state index < -0.39 is 0 Å². The third kappa shape index (κ3) is 4.33. The normalized spacial score (nSPS) is 10.4. The number of carbonyl (C=O) groups is 1. The summed E-state index contributed by atoms with van der Waals surface area (Å²) in [6.07, 6.45) is 1.58. The van der Waals surface area contributed by atoms with Gasteiger partial charge in [0, 0.05) is 15.1 Å². The molecule has 0 fully saturated rings. The van der Waals surface area contributed by atoms with Crippen LogP contribution >= 0.6 is 27.7 Å².